The van der Waals surface area contributed by atoms with Crippen LogP contribution < -0.4 is 9.64 Å². The minimum Gasteiger partial charge on any atom is -0.439 e. The molecule has 1 atom stereocenters. The third-order valence-corrected chi connectivity index (χ3v) is 5.67. The summed E-state index contributed by atoms with van der Waals surface area (Å²) >= 11 is 1.17. The van der Waals surface area contributed by atoms with Crippen molar-refractivity contribution in [3.63, 3.8) is 0 Å². The smallest absolute Gasteiger partial charge is 0.416 e. The van der Waals surface area contributed by atoms with Crippen LogP contribution in [0.25, 0.3) is 0 Å². The maximum atomic E-state index is 14.4. The quantitative estimate of drug-likeness (QED) is 0.459. The van der Waals surface area contributed by atoms with Gasteiger partial charge in [-0.05, 0) is 42.5 Å². The second-order valence-corrected chi connectivity index (χ2v) is 7.62. The van der Waals surface area contributed by atoms with E-state index in [1.807, 2.05) is 0 Å². The van der Waals surface area contributed by atoms with Crippen LogP contribution in [-0.4, -0.2) is 16.6 Å². The van der Waals surface area contributed by atoms with E-state index in [-0.39, 0.29) is 23.1 Å². The standard InChI is InChI=1S/C21H13F5N2O2S/c22-13-6-7-17(16(23)10-13)28-18(29)11-31-20(28)15-5-2-8-27-19(15)30-14-4-1-3-12(9-14)21(24,25)26/h1-10,20H,11H2. The lowest BCUT2D eigenvalue weighted by Crippen LogP contribution is -2.29. The third kappa shape index (κ3) is 4.34. The van der Waals surface area contributed by atoms with Crippen LogP contribution in [0.3, 0.4) is 0 Å². The van der Waals surface area contributed by atoms with Gasteiger partial charge in [-0.25, -0.2) is 13.8 Å². The fourth-order valence-electron chi connectivity index (χ4n) is 3.12. The second kappa shape index (κ2) is 8.18. The van der Waals surface area contributed by atoms with Gasteiger partial charge < -0.3 is 4.74 Å². The van der Waals surface area contributed by atoms with Crippen LogP contribution >= 0.6 is 11.8 Å². The fourth-order valence-corrected chi connectivity index (χ4v) is 4.29. The molecule has 4 rings (SSSR count). The minimum absolute atomic E-state index is 0.0263. The van der Waals surface area contributed by atoms with Crippen molar-refractivity contribution in [2.45, 2.75) is 11.6 Å². The third-order valence-electron chi connectivity index (χ3n) is 4.48. The van der Waals surface area contributed by atoms with Gasteiger partial charge in [-0.3, -0.25) is 9.69 Å². The van der Waals surface area contributed by atoms with Crippen LogP contribution in [0.5, 0.6) is 11.6 Å². The Labute approximate surface area is 177 Å². The van der Waals surface area contributed by atoms with Crippen molar-refractivity contribution in [1.82, 2.24) is 4.98 Å². The Morgan fingerprint density at radius 3 is 2.61 bits per heavy atom. The fraction of sp³-hybridized carbons (Fsp3) is 0.143. The van der Waals surface area contributed by atoms with E-state index < -0.39 is 34.7 Å². The Hall–Kier alpha value is -3.14. The number of benzene rings is 2. The van der Waals surface area contributed by atoms with Crippen molar-refractivity contribution < 1.29 is 31.5 Å². The highest BCUT2D eigenvalue weighted by Crippen LogP contribution is 2.45. The van der Waals surface area contributed by atoms with Crippen molar-refractivity contribution in [1.29, 1.82) is 0 Å². The molecule has 0 saturated carbocycles. The van der Waals surface area contributed by atoms with Gasteiger partial charge in [0.1, 0.15) is 22.8 Å². The number of halogens is 5. The molecule has 1 aromatic heterocycles. The average Bonchev–Trinajstić information content (AvgIpc) is 3.09. The number of carbonyl (C=O) groups is 1. The van der Waals surface area contributed by atoms with Gasteiger partial charge in [0.25, 0.3) is 0 Å². The molecular formula is C21H13F5N2O2S. The molecule has 1 saturated heterocycles. The second-order valence-electron chi connectivity index (χ2n) is 6.55. The Balaban J connectivity index is 1.70. The zero-order chi connectivity index (χ0) is 22.2. The molecule has 0 aliphatic carbocycles. The van der Waals surface area contributed by atoms with Crippen molar-refractivity contribution in [3.8, 4) is 11.6 Å². The normalized spacial score (nSPS) is 16.6. The number of pyridine rings is 1. The molecule has 3 aromatic rings. The lowest BCUT2D eigenvalue weighted by molar-refractivity contribution is -0.137. The molecule has 0 N–H and O–H groups in total. The highest BCUT2D eigenvalue weighted by Gasteiger charge is 2.38. The summed E-state index contributed by atoms with van der Waals surface area (Å²) in [5.74, 6) is -2.20. The number of ether oxygens (including phenoxy) is 1. The number of alkyl halides is 3. The topological polar surface area (TPSA) is 42.4 Å². The summed E-state index contributed by atoms with van der Waals surface area (Å²) in [6.07, 6.45) is -3.16. The number of rotatable bonds is 4. The zero-order valence-electron chi connectivity index (χ0n) is 15.6. The molecule has 0 radical (unpaired) electrons. The monoisotopic (exact) mass is 452 g/mol. The lowest BCUT2D eigenvalue weighted by Gasteiger charge is -2.25. The van der Waals surface area contributed by atoms with Gasteiger partial charge in [0.05, 0.1) is 17.0 Å². The summed E-state index contributed by atoms with van der Waals surface area (Å²) in [5, 5.41) is -0.762. The first-order chi connectivity index (χ1) is 14.7. The number of carbonyl (C=O) groups excluding carboxylic acids is 1. The average molecular weight is 452 g/mol. The summed E-state index contributed by atoms with van der Waals surface area (Å²) in [4.78, 5) is 17.7. The molecule has 0 bridgehead atoms. The molecule has 1 amide bonds. The predicted molar refractivity (Wildman–Crippen MR) is 105 cm³/mol. The van der Waals surface area contributed by atoms with Crippen LogP contribution in [0, 0.1) is 11.6 Å². The van der Waals surface area contributed by atoms with Gasteiger partial charge in [-0.2, -0.15) is 13.2 Å². The summed E-state index contributed by atoms with van der Waals surface area (Å²) in [7, 11) is 0. The van der Waals surface area contributed by atoms with E-state index in [2.05, 4.69) is 4.98 Å². The lowest BCUT2D eigenvalue weighted by atomic mass is 10.2. The predicted octanol–water partition coefficient (Wildman–Crippen LogP) is 5.95. The van der Waals surface area contributed by atoms with Crippen LogP contribution in [0.15, 0.2) is 60.8 Å². The van der Waals surface area contributed by atoms with Crippen molar-refractivity contribution >= 4 is 23.4 Å². The maximum absolute atomic E-state index is 14.4. The molecule has 10 heteroatoms. The number of hydrogen-bond donors (Lipinski definition) is 0. The van der Waals surface area contributed by atoms with Gasteiger partial charge in [0.15, 0.2) is 0 Å². The van der Waals surface area contributed by atoms with Gasteiger partial charge in [-0.15, -0.1) is 11.8 Å². The largest absolute Gasteiger partial charge is 0.439 e. The van der Waals surface area contributed by atoms with Gasteiger partial charge >= 0.3 is 6.18 Å². The number of nitrogens with zero attached hydrogens (tertiary/aromatic N) is 2. The molecule has 1 fully saturated rings. The van der Waals surface area contributed by atoms with E-state index >= 15 is 0 Å². The van der Waals surface area contributed by atoms with E-state index in [4.69, 9.17) is 4.74 Å². The highest BCUT2D eigenvalue weighted by molar-refractivity contribution is 8.00. The summed E-state index contributed by atoms with van der Waals surface area (Å²) in [6.45, 7) is 0. The molecule has 0 spiro atoms. The zero-order valence-corrected chi connectivity index (χ0v) is 16.4. The Kier molecular flexibility index (Phi) is 5.57. The van der Waals surface area contributed by atoms with Crippen molar-refractivity contribution in [2.24, 2.45) is 0 Å². The Morgan fingerprint density at radius 2 is 1.87 bits per heavy atom. The molecule has 1 unspecified atom stereocenters. The number of hydrogen-bond acceptors (Lipinski definition) is 4. The van der Waals surface area contributed by atoms with Gasteiger partial charge in [0, 0.05) is 17.8 Å². The highest BCUT2D eigenvalue weighted by atomic mass is 32.2. The van der Waals surface area contributed by atoms with Crippen molar-refractivity contribution in [3.05, 3.63) is 83.6 Å². The molecule has 1 aliphatic rings. The van der Waals surface area contributed by atoms with E-state index in [0.29, 0.717) is 11.6 Å². The first kappa shape index (κ1) is 21.1. The van der Waals surface area contributed by atoms with E-state index in [9.17, 15) is 26.7 Å². The van der Waals surface area contributed by atoms with E-state index in [0.717, 1.165) is 29.2 Å². The molecule has 1 aliphatic heterocycles. The van der Waals surface area contributed by atoms with Gasteiger partial charge in [-0.1, -0.05) is 6.07 Å². The molecule has 31 heavy (non-hydrogen) atoms. The molecule has 160 valence electrons. The number of aromatic nitrogens is 1. The number of thioether (sulfide) groups is 1. The Bertz CT molecular complexity index is 1140. The van der Waals surface area contributed by atoms with Crippen molar-refractivity contribution in [2.75, 3.05) is 10.7 Å². The molecule has 4 nitrogen and oxygen atoms in total. The number of anilines is 1. The minimum atomic E-state index is -4.54. The first-order valence-electron chi connectivity index (χ1n) is 8.93. The van der Waals surface area contributed by atoms with Crippen LogP contribution in [0.4, 0.5) is 27.6 Å². The molecular weight excluding hydrogens is 439 g/mol. The summed E-state index contributed by atoms with van der Waals surface area (Å²) in [6, 6.07) is 10.3. The Morgan fingerprint density at radius 1 is 1.06 bits per heavy atom. The SMILES string of the molecule is O=C1CSC(c2cccnc2Oc2cccc(C(F)(F)F)c2)N1c1ccc(F)cc1F. The summed E-state index contributed by atoms with van der Waals surface area (Å²) < 4.78 is 72.3. The maximum Gasteiger partial charge on any atom is 0.416 e. The van der Waals surface area contributed by atoms with Crippen LogP contribution in [-0.2, 0) is 11.0 Å². The van der Waals surface area contributed by atoms with Crippen LogP contribution in [0.2, 0.25) is 0 Å². The number of amides is 1. The van der Waals surface area contributed by atoms with E-state index in [1.165, 1.54) is 30.1 Å². The van der Waals surface area contributed by atoms with Crippen LogP contribution in [0.1, 0.15) is 16.5 Å². The molecule has 2 heterocycles. The molecule has 2 aromatic carbocycles. The first-order valence-corrected chi connectivity index (χ1v) is 9.97. The van der Waals surface area contributed by atoms with Gasteiger partial charge in [0.2, 0.25) is 11.8 Å². The van der Waals surface area contributed by atoms with E-state index in [1.54, 1.807) is 12.1 Å². The summed E-state index contributed by atoms with van der Waals surface area (Å²) in [5.41, 5.74) is -0.641.